The van der Waals surface area contributed by atoms with Gasteiger partial charge in [-0.2, -0.15) is 0 Å². The maximum atomic E-state index is 13.4. The number of hydrogen-bond donors (Lipinski definition) is 9. The van der Waals surface area contributed by atoms with E-state index in [9.17, 15) is 45.6 Å². The molecule has 2 rings (SSSR count). The monoisotopic (exact) mass is 1270 g/mol. The van der Waals surface area contributed by atoms with Crippen LogP contribution in [0.3, 0.4) is 0 Å². The first-order valence-electron chi connectivity index (χ1n) is 38.1. The topological polar surface area (TPSA) is 228 Å². The molecule has 2 fully saturated rings. The van der Waals surface area contributed by atoms with Crippen molar-refractivity contribution in [3.8, 4) is 0 Å². The zero-order chi connectivity index (χ0) is 64.5. The second-order valence-corrected chi connectivity index (χ2v) is 27.1. The number of allylic oxidation sites excluding steroid dienone is 4. The Balaban J connectivity index is 1.63. The third kappa shape index (κ3) is 44.0. The molecule has 14 heteroatoms. The molecule has 0 radical (unpaired) electrons. The second-order valence-electron chi connectivity index (χ2n) is 27.1. The van der Waals surface area contributed by atoms with Crippen molar-refractivity contribution in [2.24, 2.45) is 0 Å². The first-order valence-corrected chi connectivity index (χ1v) is 38.1. The average molecular weight is 1270 g/mol. The number of aliphatic hydroxyl groups excluding tert-OH is 8. The van der Waals surface area contributed by atoms with Crippen LogP contribution in [0.2, 0.25) is 0 Å². The number of hydrogen-bond acceptors (Lipinski definition) is 13. The average Bonchev–Trinajstić information content (AvgIpc) is 2.75. The highest BCUT2D eigenvalue weighted by molar-refractivity contribution is 5.76. The number of carbonyl (C=O) groups excluding carboxylic acids is 1. The molecule has 89 heavy (non-hydrogen) atoms. The summed E-state index contributed by atoms with van der Waals surface area (Å²) in [6.07, 6.45) is 59.2. The summed E-state index contributed by atoms with van der Waals surface area (Å²) < 4.78 is 23.0. The van der Waals surface area contributed by atoms with Crippen LogP contribution in [0.4, 0.5) is 0 Å². The lowest BCUT2D eigenvalue weighted by molar-refractivity contribution is -0.359. The normalized spacial score (nSPS) is 23.1. The molecule has 14 nitrogen and oxygen atoms in total. The van der Waals surface area contributed by atoms with Gasteiger partial charge in [0.05, 0.1) is 32.0 Å². The first kappa shape index (κ1) is 83.6. The van der Waals surface area contributed by atoms with Gasteiger partial charge in [0.2, 0.25) is 5.91 Å². The van der Waals surface area contributed by atoms with Gasteiger partial charge in [0, 0.05) is 6.42 Å². The Labute approximate surface area is 545 Å². The van der Waals surface area contributed by atoms with Crippen LogP contribution in [0.1, 0.15) is 354 Å². The van der Waals surface area contributed by atoms with E-state index >= 15 is 0 Å². The Morgan fingerprint density at radius 2 is 0.742 bits per heavy atom. The summed E-state index contributed by atoms with van der Waals surface area (Å²) in [5, 5.41) is 87.8. The molecule has 0 bridgehead atoms. The van der Waals surface area contributed by atoms with Crippen molar-refractivity contribution in [2.75, 3.05) is 19.8 Å². The predicted octanol–water partition coefficient (Wildman–Crippen LogP) is 16.3. The highest BCUT2D eigenvalue weighted by Crippen LogP contribution is 2.30. The number of ether oxygens (including phenoxy) is 4. The van der Waals surface area contributed by atoms with Gasteiger partial charge in [-0.1, -0.05) is 327 Å². The van der Waals surface area contributed by atoms with E-state index in [0.717, 1.165) is 57.8 Å². The number of rotatable bonds is 64. The molecule has 0 aliphatic carbocycles. The van der Waals surface area contributed by atoms with Crippen LogP contribution in [-0.2, 0) is 23.7 Å². The molecule has 0 aromatic rings. The van der Waals surface area contributed by atoms with Crippen molar-refractivity contribution >= 4 is 5.91 Å². The molecule has 12 unspecified atom stereocenters. The van der Waals surface area contributed by atoms with Crippen LogP contribution in [0.25, 0.3) is 0 Å². The van der Waals surface area contributed by atoms with Gasteiger partial charge in [0.1, 0.15) is 48.8 Å². The van der Waals surface area contributed by atoms with E-state index in [-0.39, 0.29) is 12.5 Å². The Morgan fingerprint density at radius 1 is 0.404 bits per heavy atom. The molecule has 2 saturated heterocycles. The zero-order valence-corrected chi connectivity index (χ0v) is 57.5. The smallest absolute Gasteiger partial charge is 0.220 e. The van der Waals surface area contributed by atoms with Crippen molar-refractivity contribution < 1.29 is 64.6 Å². The molecule has 1 amide bonds. The molecule has 12 atom stereocenters. The lowest BCUT2D eigenvalue weighted by Gasteiger charge is -2.46. The quantitative estimate of drug-likeness (QED) is 0.0204. The number of amides is 1. The van der Waals surface area contributed by atoms with Crippen molar-refractivity contribution in [3.63, 3.8) is 0 Å². The third-order valence-corrected chi connectivity index (χ3v) is 18.9. The summed E-state index contributed by atoms with van der Waals surface area (Å²) >= 11 is 0. The lowest BCUT2D eigenvalue weighted by Crippen LogP contribution is -2.65. The Kier molecular flexibility index (Phi) is 56.5. The van der Waals surface area contributed by atoms with Crippen molar-refractivity contribution in [3.05, 3.63) is 24.3 Å². The van der Waals surface area contributed by atoms with Crippen LogP contribution in [0, 0.1) is 0 Å². The number of nitrogens with one attached hydrogen (secondary N) is 1. The number of unbranched alkanes of at least 4 members (excludes halogenated alkanes) is 47. The fraction of sp³-hybridized carbons (Fsp3) is 0.933. The van der Waals surface area contributed by atoms with E-state index in [1.165, 1.54) is 270 Å². The van der Waals surface area contributed by atoms with Gasteiger partial charge in [-0.3, -0.25) is 4.79 Å². The van der Waals surface area contributed by atoms with Crippen LogP contribution in [-0.4, -0.2) is 140 Å². The van der Waals surface area contributed by atoms with Gasteiger partial charge in [-0.15, -0.1) is 0 Å². The maximum Gasteiger partial charge on any atom is 0.220 e. The SMILES string of the molecule is CCCCCCC/C=C\C/C=C\CCCCCCCCCCCCCCCCCC(=O)NC(COC1OC(CO)C(OC2OC(CO)C(O)C(O)C2O)C(O)C1O)C(O)CCCCCCCCCCCCCCCCCCCCCCCCCCCCCC. The Bertz CT molecular complexity index is 1590. The molecular weight excluding hydrogens is 1120 g/mol. The molecule has 2 aliphatic heterocycles. The highest BCUT2D eigenvalue weighted by atomic mass is 16.7. The van der Waals surface area contributed by atoms with Gasteiger partial charge >= 0.3 is 0 Å². The van der Waals surface area contributed by atoms with E-state index in [0.29, 0.717) is 12.8 Å². The molecule has 2 heterocycles. The number of aliphatic hydroxyl groups is 8. The molecule has 2 aliphatic rings. The van der Waals surface area contributed by atoms with Crippen LogP contribution in [0.5, 0.6) is 0 Å². The Hall–Kier alpha value is -1.53. The lowest BCUT2D eigenvalue weighted by atomic mass is 9.97. The Morgan fingerprint density at radius 3 is 1.12 bits per heavy atom. The standard InChI is InChI=1S/C75H143NO13/c1-3-5-7-9-11-13-15-17-19-21-23-25-27-29-31-33-34-36-38-40-42-44-46-48-50-52-54-56-58-64(79)63(62-86-74-72(85)70(83)73(66(61-78)88-74)89-75-71(84)69(82)68(81)65(60-77)87-75)76-67(80)59-57-55-53-51-49-47-45-43-41-39-37-35-32-30-28-26-24-22-20-18-16-14-12-10-8-6-4-2/h16,18,22,24,63-66,68-75,77-79,81-85H,3-15,17,19-21,23,25-62H2,1-2H3,(H,76,80)/b18-16-,24-22-. The molecule has 0 aromatic heterocycles. The van der Waals surface area contributed by atoms with Crippen LogP contribution >= 0.6 is 0 Å². The van der Waals surface area contributed by atoms with Crippen molar-refractivity contribution in [2.45, 2.75) is 428 Å². The van der Waals surface area contributed by atoms with E-state index < -0.39 is 86.8 Å². The van der Waals surface area contributed by atoms with E-state index in [4.69, 9.17) is 18.9 Å². The van der Waals surface area contributed by atoms with Gasteiger partial charge in [0.25, 0.3) is 0 Å². The summed E-state index contributed by atoms with van der Waals surface area (Å²) in [5.74, 6) is -0.200. The summed E-state index contributed by atoms with van der Waals surface area (Å²) in [7, 11) is 0. The van der Waals surface area contributed by atoms with Gasteiger partial charge in [-0.25, -0.2) is 0 Å². The fourth-order valence-electron chi connectivity index (χ4n) is 12.9. The molecule has 0 aromatic carbocycles. The second kappa shape index (κ2) is 60.2. The van der Waals surface area contributed by atoms with E-state index in [1.54, 1.807) is 0 Å². The van der Waals surface area contributed by atoms with E-state index in [2.05, 4.69) is 43.5 Å². The predicted molar refractivity (Wildman–Crippen MR) is 365 cm³/mol. The van der Waals surface area contributed by atoms with Gasteiger partial charge < -0.3 is 65.1 Å². The molecule has 9 N–H and O–H groups in total. The summed E-state index contributed by atoms with van der Waals surface area (Å²) in [4.78, 5) is 13.4. The van der Waals surface area contributed by atoms with Crippen molar-refractivity contribution in [1.29, 1.82) is 0 Å². The third-order valence-electron chi connectivity index (χ3n) is 18.9. The zero-order valence-electron chi connectivity index (χ0n) is 57.5. The van der Waals surface area contributed by atoms with Crippen LogP contribution < -0.4 is 5.32 Å². The highest BCUT2D eigenvalue weighted by Gasteiger charge is 2.51. The molecular formula is C75H143NO13. The minimum atomic E-state index is -1.78. The fourth-order valence-corrected chi connectivity index (χ4v) is 12.9. The van der Waals surface area contributed by atoms with E-state index in [1.807, 2.05) is 0 Å². The van der Waals surface area contributed by atoms with Crippen LogP contribution in [0.15, 0.2) is 24.3 Å². The maximum absolute atomic E-state index is 13.4. The summed E-state index contributed by atoms with van der Waals surface area (Å²) in [6.45, 7) is 2.91. The largest absolute Gasteiger partial charge is 0.394 e. The summed E-state index contributed by atoms with van der Waals surface area (Å²) in [6, 6.07) is -0.829. The first-order chi connectivity index (χ1) is 43.6. The minimum Gasteiger partial charge on any atom is -0.394 e. The number of carbonyl (C=O) groups is 1. The van der Waals surface area contributed by atoms with Gasteiger partial charge in [-0.05, 0) is 44.9 Å². The summed E-state index contributed by atoms with van der Waals surface area (Å²) in [5.41, 5.74) is 0. The molecule has 0 saturated carbocycles. The molecule has 0 spiro atoms. The van der Waals surface area contributed by atoms with Gasteiger partial charge in [0.15, 0.2) is 12.6 Å². The van der Waals surface area contributed by atoms with Crippen molar-refractivity contribution in [1.82, 2.24) is 5.32 Å². The minimum absolute atomic E-state index is 0.200. The molecule has 526 valence electrons.